The number of non-ortho nitro benzene ring substituents is 1. The van der Waals surface area contributed by atoms with E-state index in [-0.39, 0.29) is 11.7 Å². The topological polar surface area (TPSA) is 117 Å². The van der Waals surface area contributed by atoms with Crippen molar-refractivity contribution < 1.29 is 4.92 Å². The second-order valence-electron chi connectivity index (χ2n) is 10.4. The Bertz CT molecular complexity index is 1720. The zero-order chi connectivity index (χ0) is 29.2. The third kappa shape index (κ3) is 5.61. The summed E-state index contributed by atoms with van der Waals surface area (Å²) in [5.41, 5.74) is 5.26. The van der Waals surface area contributed by atoms with Crippen molar-refractivity contribution in [1.82, 2.24) is 24.3 Å². The van der Waals surface area contributed by atoms with Gasteiger partial charge in [-0.2, -0.15) is 0 Å². The van der Waals surface area contributed by atoms with Crippen molar-refractivity contribution in [3.05, 3.63) is 94.9 Å². The number of hydrogen-bond acceptors (Lipinski definition) is 10. The highest BCUT2D eigenvalue weighted by Crippen LogP contribution is 2.34. The van der Waals surface area contributed by atoms with E-state index >= 15 is 0 Å². The number of likely N-dealkylation sites (tertiary alicyclic amines) is 1. The van der Waals surface area contributed by atoms with Gasteiger partial charge in [-0.05, 0) is 55.3 Å². The van der Waals surface area contributed by atoms with Crippen LogP contribution in [0.3, 0.4) is 0 Å². The number of nitrogens with one attached hydrogen (secondary N) is 2. The van der Waals surface area contributed by atoms with Crippen molar-refractivity contribution in [3.63, 3.8) is 0 Å². The fourth-order valence-corrected chi connectivity index (χ4v) is 5.81. The molecule has 6 rings (SSSR count). The van der Waals surface area contributed by atoms with Crippen molar-refractivity contribution in [3.8, 4) is 22.6 Å². The summed E-state index contributed by atoms with van der Waals surface area (Å²) in [5, 5.41) is 20.1. The van der Waals surface area contributed by atoms with Gasteiger partial charge >= 0.3 is 0 Å². The van der Waals surface area contributed by atoms with Crippen LogP contribution < -0.4 is 15.5 Å². The van der Waals surface area contributed by atoms with Gasteiger partial charge in [0, 0.05) is 80.1 Å². The van der Waals surface area contributed by atoms with Crippen molar-refractivity contribution in [1.29, 1.82) is 0 Å². The molecule has 5 aromatic rings. The smallest absolute Gasteiger partial charge is 0.269 e. The number of anilines is 3. The highest BCUT2D eigenvalue weighted by atomic mass is 32.1. The molecule has 0 atom stereocenters. The molecule has 42 heavy (non-hydrogen) atoms. The van der Waals surface area contributed by atoms with E-state index in [2.05, 4.69) is 56.3 Å². The Balaban J connectivity index is 1.13. The molecule has 12 heteroatoms. The maximum Gasteiger partial charge on any atom is 0.269 e. The summed E-state index contributed by atoms with van der Waals surface area (Å²) < 4.78 is 2.00. The summed E-state index contributed by atoms with van der Waals surface area (Å²) in [6.07, 6.45) is 5.55. The number of rotatable bonds is 9. The molecular weight excluding hydrogens is 550 g/mol. The molecule has 4 heterocycles. The lowest BCUT2D eigenvalue weighted by Crippen LogP contribution is -2.40. The molecule has 1 aliphatic rings. The van der Waals surface area contributed by atoms with E-state index < -0.39 is 4.92 Å². The van der Waals surface area contributed by atoms with E-state index in [1.54, 1.807) is 18.3 Å². The van der Waals surface area contributed by atoms with E-state index in [4.69, 9.17) is 9.97 Å². The Labute approximate surface area is 247 Å². The van der Waals surface area contributed by atoms with Crippen LogP contribution in [-0.4, -0.2) is 62.4 Å². The Hall–Kier alpha value is -4.97. The maximum atomic E-state index is 11.1. The fraction of sp³-hybridized carbons (Fsp3) is 0.233. The van der Waals surface area contributed by atoms with Gasteiger partial charge in [-0.25, -0.2) is 15.0 Å². The van der Waals surface area contributed by atoms with Crippen LogP contribution in [0.5, 0.6) is 0 Å². The number of benzene rings is 2. The number of hydrogen-bond donors (Lipinski definition) is 2. The van der Waals surface area contributed by atoms with E-state index in [9.17, 15) is 10.1 Å². The Morgan fingerprint density at radius 1 is 1.07 bits per heavy atom. The van der Waals surface area contributed by atoms with Crippen molar-refractivity contribution in [2.24, 2.45) is 0 Å². The average molecular weight is 582 g/mol. The molecule has 1 saturated heterocycles. The quantitative estimate of drug-likeness (QED) is 0.161. The number of fused-ring (bicyclic) bond motifs is 1. The minimum absolute atomic E-state index is 0.0407. The Morgan fingerprint density at radius 2 is 1.81 bits per heavy atom. The van der Waals surface area contributed by atoms with Gasteiger partial charge in [0.2, 0.25) is 5.95 Å². The molecule has 0 aliphatic carbocycles. The van der Waals surface area contributed by atoms with Gasteiger partial charge in [0.1, 0.15) is 5.69 Å². The molecular formula is C30H31N9O2S. The Kier molecular flexibility index (Phi) is 7.44. The first-order valence-corrected chi connectivity index (χ1v) is 14.5. The number of aromatic nitrogens is 4. The first-order chi connectivity index (χ1) is 20.4. The summed E-state index contributed by atoms with van der Waals surface area (Å²) in [6.45, 7) is 5.99. The fourth-order valence-electron chi connectivity index (χ4n) is 5.10. The van der Waals surface area contributed by atoms with Gasteiger partial charge in [0.25, 0.3) is 5.69 Å². The zero-order valence-electron chi connectivity index (χ0n) is 23.4. The van der Waals surface area contributed by atoms with Crippen LogP contribution in [0.4, 0.5) is 23.0 Å². The molecule has 0 amide bonds. The van der Waals surface area contributed by atoms with Gasteiger partial charge in [0.15, 0.2) is 4.96 Å². The minimum Gasteiger partial charge on any atom is -0.378 e. The van der Waals surface area contributed by atoms with Crippen LogP contribution in [0.15, 0.2) is 84.8 Å². The lowest BCUT2D eigenvalue weighted by molar-refractivity contribution is -0.384. The van der Waals surface area contributed by atoms with Crippen molar-refractivity contribution in [2.45, 2.75) is 18.9 Å². The summed E-state index contributed by atoms with van der Waals surface area (Å²) >= 11 is 1.52. The molecule has 11 nitrogen and oxygen atoms in total. The minimum atomic E-state index is -0.403. The molecule has 2 N–H and O–H groups in total. The number of piperidine rings is 1. The predicted octanol–water partition coefficient (Wildman–Crippen LogP) is 5.95. The first-order valence-electron chi connectivity index (χ1n) is 13.6. The van der Waals surface area contributed by atoms with E-state index in [0.29, 0.717) is 5.95 Å². The van der Waals surface area contributed by atoms with Crippen LogP contribution >= 0.6 is 11.3 Å². The molecule has 0 bridgehead atoms. The highest BCUT2D eigenvalue weighted by Gasteiger charge is 2.23. The summed E-state index contributed by atoms with van der Waals surface area (Å²) in [7, 11) is 4.06. The number of thiazole rings is 1. The van der Waals surface area contributed by atoms with Gasteiger partial charge in [0.05, 0.1) is 22.1 Å². The lowest BCUT2D eigenvalue weighted by atomic mass is 10.1. The summed E-state index contributed by atoms with van der Waals surface area (Å²) in [5.74, 6) is 1.45. The third-order valence-corrected chi connectivity index (χ3v) is 8.15. The number of nitrogens with zero attached hydrogens (tertiary/aromatic N) is 7. The first kappa shape index (κ1) is 27.2. The molecule has 2 aromatic carbocycles. The van der Waals surface area contributed by atoms with E-state index in [0.717, 1.165) is 70.7 Å². The van der Waals surface area contributed by atoms with Crippen LogP contribution in [-0.2, 0) is 0 Å². The summed E-state index contributed by atoms with van der Waals surface area (Å²) in [4.78, 5) is 30.1. The third-order valence-electron chi connectivity index (χ3n) is 7.39. The molecule has 0 saturated carbocycles. The molecule has 3 aromatic heterocycles. The van der Waals surface area contributed by atoms with Gasteiger partial charge in [-0.15, -0.1) is 11.3 Å². The largest absolute Gasteiger partial charge is 0.378 e. The lowest BCUT2D eigenvalue weighted by Gasteiger charge is -2.35. The van der Waals surface area contributed by atoms with Crippen LogP contribution in [0.25, 0.3) is 27.6 Å². The maximum absolute atomic E-state index is 11.1. The number of imidazole rings is 1. The van der Waals surface area contributed by atoms with Crippen molar-refractivity contribution in [2.75, 3.05) is 42.7 Å². The van der Waals surface area contributed by atoms with Crippen molar-refractivity contribution >= 4 is 39.3 Å². The predicted molar refractivity (Wildman–Crippen MR) is 168 cm³/mol. The van der Waals surface area contributed by atoms with Crippen LogP contribution in [0.1, 0.15) is 12.8 Å². The standard InChI is InChI=1S/C30H31N9O2S/c1-20(32-22-6-10-24(11-7-22)36(2)3)37-16-13-23(14-17-37)33-29-31-15-12-26(34-29)28-27(35-30-38(28)18-19-42-30)21-4-8-25(9-5-21)39(40)41/h4-12,15,18-19,23,32H,1,13-14,16-17H2,2-3H3,(H,31,33,34). The second-order valence-corrected chi connectivity index (χ2v) is 11.2. The Morgan fingerprint density at radius 3 is 2.50 bits per heavy atom. The normalized spacial score (nSPS) is 13.7. The number of nitro groups is 1. The number of nitro benzene ring substituents is 1. The molecule has 0 radical (unpaired) electrons. The van der Waals surface area contributed by atoms with Gasteiger partial charge in [-0.1, -0.05) is 6.58 Å². The molecule has 214 valence electrons. The van der Waals surface area contributed by atoms with Gasteiger partial charge < -0.3 is 20.4 Å². The highest BCUT2D eigenvalue weighted by molar-refractivity contribution is 7.15. The molecule has 0 spiro atoms. The van der Waals surface area contributed by atoms with E-state index in [1.165, 1.54) is 23.5 Å². The SMILES string of the molecule is C=C(Nc1ccc(N(C)C)cc1)N1CCC(Nc2nccc(-c3c(-c4ccc([N+](=O)[O-])cc4)nc4sccn34)n2)CC1. The summed E-state index contributed by atoms with van der Waals surface area (Å²) in [6, 6.07) is 16.8. The molecule has 1 fully saturated rings. The van der Waals surface area contributed by atoms with Crippen LogP contribution in [0.2, 0.25) is 0 Å². The van der Waals surface area contributed by atoms with Gasteiger partial charge in [-0.3, -0.25) is 14.5 Å². The average Bonchev–Trinajstić information content (AvgIpc) is 3.60. The monoisotopic (exact) mass is 581 g/mol. The van der Waals surface area contributed by atoms with E-state index in [1.807, 2.05) is 36.1 Å². The molecule has 1 aliphatic heterocycles. The molecule has 0 unspecified atom stereocenters. The van der Waals surface area contributed by atoms with Crippen LogP contribution in [0, 0.1) is 10.1 Å². The second kappa shape index (κ2) is 11.5. The zero-order valence-corrected chi connectivity index (χ0v) is 24.2.